The van der Waals surface area contributed by atoms with Crippen molar-refractivity contribution in [3.05, 3.63) is 35.9 Å². The minimum absolute atomic E-state index is 0.0962. The van der Waals surface area contributed by atoms with Crippen LogP contribution in [0, 0.1) is 11.8 Å². The van der Waals surface area contributed by atoms with Crippen molar-refractivity contribution < 1.29 is 23.9 Å². The molecule has 0 saturated carbocycles. The van der Waals surface area contributed by atoms with Crippen LogP contribution in [0.2, 0.25) is 0 Å². The summed E-state index contributed by atoms with van der Waals surface area (Å²) in [6, 6.07) is 7.71. The topological polar surface area (TPSA) is 93.7 Å². The van der Waals surface area contributed by atoms with Gasteiger partial charge in [-0.05, 0) is 23.8 Å². The smallest absolute Gasteiger partial charge is 0.408 e. The number of methoxy groups -OCH3 is 1. The Bertz CT molecular complexity index is 633. The lowest BCUT2D eigenvalue weighted by molar-refractivity contribution is -0.146. The summed E-state index contributed by atoms with van der Waals surface area (Å²) >= 11 is 0. The minimum Gasteiger partial charge on any atom is -0.467 e. The third kappa shape index (κ3) is 7.98. The molecule has 0 aliphatic rings. The van der Waals surface area contributed by atoms with E-state index in [2.05, 4.69) is 10.6 Å². The van der Waals surface area contributed by atoms with Crippen LogP contribution in [0.1, 0.15) is 46.1 Å². The summed E-state index contributed by atoms with van der Waals surface area (Å²) in [5.74, 6) is -0.870. The maximum absolute atomic E-state index is 12.8. The van der Waals surface area contributed by atoms with Gasteiger partial charge in [0.2, 0.25) is 5.91 Å². The summed E-state index contributed by atoms with van der Waals surface area (Å²) in [4.78, 5) is 36.9. The van der Waals surface area contributed by atoms with Crippen LogP contribution in [0.3, 0.4) is 0 Å². The number of benzene rings is 1. The van der Waals surface area contributed by atoms with Gasteiger partial charge in [0.25, 0.3) is 0 Å². The van der Waals surface area contributed by atoms with Crippen molar-refractivity contribution in [1.29, 1.82) is 0 Å². The van der Waals surface area contributed by atoms with E-state index in [0.717, 1.165) is 5.56 Å². The molecule has 0 aliphatic heterocycles. The van der Waals surface area contributed by atoms with E-state index in [1.54, 1.807) is 0 Å². The highest BCUT2D eigenvalue weighted by molar-refractivity contribution is 5.89. The molecule has 1 rings (SSSR count). The second kappa shape index (κ2) is 12.0. The lowest BCUT2D eigenvalue weighted by Gasteiger charge is -2.26. The Morgan fingerprint density at radius 1 is 1.04 bits per heavy atom. The molecule has 2 N–H and O–H groups in total. The predicted octanol–water partition coefficient (Wildman–Crippen LogP) is 3.03. The average Bonchev–Trinajstić information content (AvgIpc) is 2.69. The van der Waals surface area contributed by atoms with Crippen molar-refractivity contribution in [3.8, 4) is 0 Å². The SMILES string of the molecule is CC[C@H](C)[C@@H](NC(=O)[C@@H](CC(C)C)NC(=O)OCc1ccccc1)C(=O)OC. The van der Waals surface area contributed by atoms with E-state index in [1.807, 2.05) is 58.0 Å². The first kappa shape index (κ1) is 23.5. The number of hydrogen-bond donors (Lipinski definition) is 2. The van der Waals surface area contributed by atoms with E-state index in [-0.39, 0.29) is 18.4 Å². The summed E-state index contributed by atoms with van der Waals surface area (Å²) in [5, 5.41) is 5.33. The molecule has 0 saturated heterocycles. The molecule has 28 heavy (non-hydrogen) atoms. The lowest BCUT2D eigenvalue weighted by atomic mass is 9.97. The van der Waals surface area contributed by atoms with Crippen LogP contribution in [0.4, 0.5) is 4.79 Å². The number of esters is 1. The second-order valence-corrected chi connectivity index (χ2v) is 7.28. The Labute approximate surface area is 167 Å². The van der Waals surface area contributed by atoms with Crippen LogP contribution in [-0.4, -0.2) is 37.2 Å². The molecule has 3 atom stereocenters. The summed E-state index contributed by atoms with van der Waals surface area (Å²) < 4.78 is 10.0. The van der Waals surface area contributed by atoms with E-state index in [4.69, 9.17) is 9.47 Å². The molecule has 0 unspecified atom stereocenters. The van der Waals surface area contributed by atoms with Gasteiger partial charge in [0.1, 0.15) is 18.7 Å². The quantitative estimate of drug-likeness (QED) is 0.597. The van der Waals surface area contributed by atoms with Crippen LogP contribution >= 0.6 is 0 Å². The van der Waals surface area contributed by atoms with Crippen LogP contribution < -0.4 is 10.6 Å². The van der Waals surface area contributed by atoms with Crippen LogP contribution in [0.15, 0.2) is 30.3 Å². The molecule has 7 heteroatoms. The van der Waals surface area contributed by atoms with Crippen molar-refractivity contribution in [1.82, 2.24) is 10.6 Å². The van der Waals surface area contributed by atoms with Gasteiger partial charge in [-0.25, -0.2) is 9.59 Å². The Morgan fingerprint density at radius 2 is 1.68 bits per heavy atom. The zero-order valence-corrected chi connectivity index (χ0v) is 17.4. The third-order valence-corrected chi connectivity index (χ3v) is 4.49. The molecule has 0 bridgehead atoms. The number of carbonyl (C=O) groups is 3. The summed E-state index contributed by atoms with van der Waals surface area (Å²) in [6.45, 7) is 7.80. The first-order valence-corrected chi connectivity index (χ1v) is 9.63. The van der Waals surface area contributed by atoms with Gasteiger partial charge in [-0.15, -0.1) is 0 Å². The number of ether oxygens (including phenoxy) is 2. The Hall–Kier alpha value is -2.57. The van der Waals surface area contributed by atoms with Gasteiger partial charge in [-0.2, -0.15) is 0 Å². The van der Waals surface area contributed by atoms with Crippen LogP contribution in [0.5, 0.6) is 0 Å². The fraction of sp³-hybridized carbons (Fsp3) is 0.571. The van der Waals surface area contributed by atoms with Gasteiger partial charge >= 0.3 is 12.1 Å². The largest absolute Gasteiger partial charge is 0.467 e. The number of rotatable bonds is 10. The molecular formula is C21H32N2O5. The molecule has 0 fully saturated rings. The van der Waals surface area contributed by atoms with Crippen LogP contribution in [-0.2, 0) is 25.7 Å². The molecule has 0 spiro atoms. The number of carbonyl (C=O) groups excluding carboxylic acids is 3. The highest BCUT2D eigenvalue weighted by atomic mass is 16.5. The highest BCUT2D eigenvalue weighted by Crippen LogP contribution is 2.12. The molecule has 7 nitrogen and oxygen atoms in total. The standard InChI is InChI=1S/C21H32N2O5/c1-6-15(4)18(20(25)27-5)23-19(24)17(12-14(2)3)22-21(26)28-13-16-10-8-7-9-11-16/h7-11,14-15,17-18H,6,12-13H2,1-5H3,(H,22,26)(H,23,24)/t15-,17+,18+/m0/s1. The molecule has 0 heterocycles. The second-order valence-electron chi connectivity index (χ2n) is 7.28. The molecule has 0 aromatic heterocycles. The summed E-state index contributed by atoms with van der Waals surface area (Å²) in [7, 11) is 1.29. The number of alkyl carbamates (subject to hydrolysis) is 1. The molecule has 0 radical (unpaired) electrons. The van der Waals surface area contributed by atoms with Gasteiger partial charge < -0.3 is 20.1 Å². The Balaban J connectivity index is 2.75. The van der Waals surface area contributed by atoms with Gasteiger partial charge in [-0.3, -0.25) is 4.79 Å². The van der Waals surface area contributed by atoms with Gasteiger partial charge in [0.15, 0.2) is 0 Å². The Kier molecular flexibility index (Phi) is 10.1. The van der Waals surface area contributed by atoms with Gasteiger partial charge in [-0.1, -0.05) is 64.4 Å². The van der Waals surface area contributed by atoms with E-state index in [9.17, 15) is 14.4 Å². The zero-order chi connectivity index (χ0) is 21.1. The molecular weight excluding hydrogens is 360 g/mol. The van der Waals surface area contributed by atoms with Crippen molar-refractivity contribution in [2.75, 3.05) is 7.11 Å². The fourth-order valence-electron chi connectivity index (χ4n) is 2.66. The van der Waals surface area contributed by atoms with E-state index >= 15 is 0 Å². The lowest BCUT2D eigenvalue weighted by Crippen LogP contribution is -2.54. The molecule has 1 aromatic rings. The van der Waals surface area contributed by atoms with Gasteiger partial charge in [0.05, 0.1) is 7.11 Å². The normalized spacial score (nSPS) is 13.9. The van der Waals surface area contributed by atoms with Gasteiger partial charge in [0, 0.05) is 0 Å². The highest BCUT2D eigenvalue weighted by Gasteiger charge is 2.31. The first-order chi connectivity index (χ1) is 13.3. The number of hydrogen-bond acceptors (Lipinski definition) is 5. The van der Waals surface area contributed by atoms with Crippen molar-refractivity contribution in [2.24, 2.45) is 11.8 Å². The maximum Gasteiger partial charge on any atom is 0.408 e. The number of nitrogens with one attached hydrogen (secondary N) is 2. The monoisotopic (exact) mass is 392 g/mol. The summed E-state index contributed by atoms with van der Waals surface area (Å²) in [6.07, 6.45) is 0.435. The number of amides is 2. The maximum atomic E-state index is 12.8. The molecule has 0 aliphatic carbocycles. The summed E-state index contributed by atoms with van der Waals surface area (Å²) in [5.41, 5.74) is 0.852. The average molecular weight is 392 g/mol. The van der Waals surface area contributed by atoms with Crippen molar-refractivity contribution in [2.45, 2.75) is 59.2 Å². The Morgan fingerprint density at radius 3 is 2.21 bits per heavy atom. The third-order valence-electron chi connectivity index (χ3n) is 4.49. The molecule has 156 valence electrons. The van der Waals surface area contributed by atoms with E-state index in [1.165, 1.54) is 7.11 Å². The molecule has 2 amide bonds. The zero-order valence-electron chi connectivity index (χ0n) is 17.4. The fourth-order valence-corrected chi connectivity index (χ4v) is 2.66. The van der Waals surface area contributed by atoms with Crippen LogP contribution in [0.25, 0.3) is 0 Å². The van der Waals surface area contributed by atoms with Crippen molar-refractivity contribution in [3.63, 3.8) is 0 Å². The van der Waals surface area contributed by atoms with Crippen molar-refractivity contribution >= 4 is 18.0 Å². The van der Waals surface area contributed by atoms with E-state index in [0.29, 0.717) is 12.8 Å². The predicted molar refractivity (Wildman–Crippen MR) is 106 cm³/mol. The first-order valence-electron chi connectivity index (χ1n) is 9.63. The molecule has 1 aromatic carbocycles. The minimum atomic E-state index is -0.806. The van der Waals surface area contributed by atoms with E-state index < -0.39 is 30.1 Å².